The molecule has 1 aliphatic carbocycles. The SMILES string of the molecule is CCCCCCCCCCC(=O)OC1(C)CCC(C(C)C)CC1. The predicted octanol–water partition coefficient (Wildman–Crippen LogP) is 6.67. The molecule has 0 spiro atoms. The molecule has 136 valence electrons. The van der Waals surface area contributed by atoms with Gasteiger partial charge in [0, 0.05) is 6.42 Å². The van der Waals surface area contributed by atoms with Gasteiger partial charge in [-0.15, -0.1) is 0 Å². The molecule has 2 heteroatoms. The quantitative estimate of drug-likeness (QED) is 0.313. The minimum atomic E-state index is -0.192. The molecule has 0 bridgehead atoms. The third-order valence-corrected chi connectivity index (χ3v) is 5.63. The average molecular weight is 325 g/mol. The van der Waals surface area contributed by atoms with Crippen LogP contribution in [-0.4, -0.2) is 11.6 Å². The summed E-state index contributed by atoms with van der Waals surface area (Å²) in [5.41, 5.74) is -0.192. The van der Waals surface area contributed by atoms with Crippen molar-refractivity contribution in [3.63, 3.8) is 0 Å². The Labute approximate surface area is 144 Å². The molecule has 0 heterocycles. The average Bonchev–Trinajstić information content (AvgIpc) is 2.50. The first kappa shape index (κ1) is 20.5. The van der Waals surface area contributed by atoms with E-state index in [-0.39, 0.29) is 11.6 Å². The van der Waals surface area contributed by atoms with E-state index in [1.165, 1.54) is 57.8 Å². The van der Waals surface area contributed by atoms with Crippen LogP contribution in [0.3, 0.4) is 0 Å². The number of unbranched alkanes of at least 4 members (excludes halogenated alkanes) is 7. The predicted molar refractivity (Wildman–Crippen MR) is 98.5 cm³/mol. The van der Waals surface area contributed by atoms with Crippen LogP contribution >= 0.6 is 0 Å². The van der Waals surface area contributed by atoms with Crippen LogP contribution in [0.5, 0.6) is 0 Å². The van der Waals surface area contributed by atoms with Gasteiger partial charge in [0.1, 0.15) is 5.60 Å². The van der Waals surface area contributed by atoms with E-state index >= 15 is 0 Å². The van der Waals surface area contributed by atoms with Gasteiger partial charge in [-0.25, -0.2) is 0 Å². The fourth-order valence-corrected chi connectivity index (χ4v) is 3.75. The number of hydrogen-bond acceptors (Lipinski definition) is 2. The lowest BCUT2D eigenvalue weighted by Crippen LogP contribution is -2.37. The Balaban J connectivity index is 2.07. The minimum Gasteiger partial charge on any atom is -0.459 e. The van der Waals surface area contributed by atoms with E-state index in [4.69, 9.17) is 4.74 Å². The summed E-state index contributed by atoms with van der Waals surface area (Å²) in [6.45, 7) is 9.00. The molecule has 0 saturated heterocycles. The number of rotatable bonds is 11. The van der Waals surface area contributed by atoms with E-state index in [0.29, 0.717) is 6.42 Å². The summed E-state index contributed by atoms with van der Waals surface area (Å²) in [6.07, 6.45) is 15.3. The molecule has 1 rings (SSSR count). The molecule has 0 unspecified atom stereocenters. The molecule has 23 heavy (non-hydrogen) atoms. The van der Waals surface area contributed by atoms with Crippen LogP contribution < -0.4 is 0 Å². The number of esters is 1. The van der Waals surface area contributed by atoms with Crippen molar-refractivity contribution in [2.75, 3.05) is 0 Å². The molecule has 2 nitrogen and oxygen atoms in total. The Morgan fingerprint density at radius 3 is 2.04 bits per heavy atom. The van der Waals surface area contributed by atoms with Gasteiger partial charge in [-0.3, -0.25) is 4.79 Å². The fourth-order valence-electron chi connectivity index (χ4n) is 3.75. The molecule has 0 aromatic heterocycles. The Hall–Kier alpha value is -0.530. The lowest BCUT2D eigenvalue weighted by Gasteiger charge is -2.38. The maximum Gasteiger partial charge on any atom is 0.306 e. The third kappa shape index (κ3) is 8.77. The van der Waals surface area contributed by atoms with Crippen LogP contribution in [0.15, 0.2) is 0 Å². The van der Waals surface area contributed by atoms with E-state index < -0.39 is 0 Å². The van der Waals surface area contributed by atoms with Gasteiger partial charge in [0.25, 0.3) is 0 Å². The second-order valence-corrected chi connectivity index (χ2v) is 8.23. The normalized spacial score (nSPS) is 24.8. The highest BCUT2D eigenvalue weighted by Crippen LogP contribution is 2.38. The van der Waals surface area contributed by atoms with Crippen molar-refractivity contribution in [2.24, 2.45) is 11.8 Å². The van der Waals surface area contributed by atoms with Crippen LogP contribution in [0.1, 0.15) is 111 Å². The van der Waals surface area contributed by atoms with Gasteiger partial charge in [-0.1, -0.05) is 65.7 Å². The molecular weight excluding hydrogens is 284 g/mol. The Morgan fingerprint density at radius 2 is 1.52 bits per heavy atom. The zero-order valence-corrected chi connectivity index (χ0v) is 16.2. The summed E-state index contributed by atoms with van der Waals surface area (Å²) in [7, 11) is 0. The molecule has 1 fully saturated rings. The Morgan fingerprint density at radius 1 is 1.00 bits per heavy atom. The van der Waals surface area contributed by atoms with Gasteiger partial charge >= 0.3 is 5.97 Å². The maximum atomic E-state index is 12.1. The highest BCUT2D eigenvalue weighted by atomic mass is 16.6. The van der Waals surface area contributed by atoms with Gasteiger partial charge in [-0.2, -0.15) is 0 Å². The molecule has 0 amide bonds. The van der Waals surface area contributed by atoms with E-state index in [1.54, 1.807) is 0 Å². The molecule has 0 aliphatic heterocycles. The van der Waals surface area contributed by atoms with Crippen molar-refractivity contribution in [3.8, 4) is 0 Å². The zero-order chi connectivity index (χ0) is 17.1. The van der Waals surface area contributed by atoms with Gasteiger partial charge in [0.05, 0.1) is 0 Å². The summed E-state index contributed by atoms with van der Waals surface area (Å²) < 4.78 is 5.83. The lowest BCUT2D eigenvalue weighted by molar-refractivity contribution is -0.162. The summed E-state index contributed by atoms with van der Waals surface area (Å²) >= 11 is 0. The van der Waals surface area contributed by atoms with Crippen LogP contribution in [0.4, 0.5) is 0 Å². The Kier molecular flexibility index (Phi) is 9.90. The number of hydrogen-bond donors (Lipinski definition) is 0. The van der Waals surface area contributed by atoms with E-state index in [2.05, 4.69) is 27.7 Å². The monoisotopic (exact) mass is 324 g/mol. The second-order valence-electron chi connectivity index (χ2n) is 8.23. The maximum absolute atomic E-state index is 12.1. The minimum absolute atomic E-state index is 0.0291. The highest BCUT2D eigenvalue weighted by molar-refractivity contribution is 5.69. The Bertz CT molecular complexity index is 314. The number of carbonyl (C=O) groups excluding carboxylic acids is 1. The van der Waals surface area contributed by atoms with Gasteiger partial charge in [-0.05, 0) is 50.9 Å². The smallest absolute Gasteiger partial charge is 0.306 e. The van der Waals surface area contributed by atoms with E-state index in [0.717, 1.165) is 31.1 Å². The standard InChI is InChI=1S/C21H40O2/c1-5-6-7-8-9-10-11-12-13-20(22)23-21(4)16-14-19(15-17-21)18(2)3/h18-19H,5-17H2,1-4H3. The van der Waals surface area contributed by atoms with Crippen LogP contribution in [0.25, 0.3) is 0 Å². The van der Waals surface area contributed by atoms with E-state index in [1.807, 2.05) is 0 Å². The molecule has 0 aromatic carbocycles. The molecule has 0 aromatic rings. The first-order chi connectivity index (χ1) is 11.0. The molecule has 1 saturated carbocycles. The van der Waals surface area contributed by atoms with Gasteiger partial charge in [0.2, 0.25) is 0 Å². The molecule has 1 aliphatic rings. The number of carbonyl (C=O) groups is 1. The fraction of sp³-hybridized carbons (Fsp3) is 0.952. The number of ether oxygens (including phenoxy) is 1. The molecular formula is C21H40O2. The van der Waals surface area contributed by atoms with Crippen LogP contribution in [0.2, 0.25) is 0 Å². The topological polar surface area (TPSA) is 26.3 Å². The van der Waals surface area contributed by atoms with Crippen molar-refractivity contribution in [1.29, 1.82) is 0 Å². The van der Waals surface area contributed by atoms with Crippen LogP contribution in [-0.2, 0) is 9.53 Å². The summed E-state index contributed by atoms with van der Waals surface area (Å²) in [4.78, 5) is 12.1. The lowest BCUT2D eigenvalue weighted by atomic mass is 9.75. The molecule has 0 atom stereocenters. The highest BCUT2D eigenvalue weighted by Gasteiger charge is 2.35. The first-order valence-corrected chi connectivity index (χ1v) is 10.2. The van der Waals surface area contributed by atoms with Crippen molar-refractivity contribution in [1.82, 2.24) is 0 Å². The second kappa shape index (κ2) is 11.1. The van der Waals surface area contributed by atoms with Crippen molar-refractivity contribution >= 4 is 5.97 Å². The summed E-state index contributed by atoms with van der Waals surface area (Å²) in [6, 6.07) is 0. The van der Waals surface area contributed by atoms with E-state index in [9.17, 15) is 4.79 Å². The largest absolute Gasteiger partial charge is 0.459 e. The first-order valence-electron chi connectivity index (χ1n) is 10.2. The third-order valence-electron chi connectivity index (χ3n) is 5.63. The zero-order valence-electron chi connectivity index (χ0n) is 16.2. The van der Waals surface area contributed by atoms with Gasteiger partial charge < -0.3 is 4.74 Å². The molecule has 0 radical (unpaired) electrons. The van der Waals surface area contributed by atoms with Crippen LogP contribution in [0, 0.1) is 11.8 Å². The summed E-state index contributed by atoms with van der Waals surface area (Å²) in [5.74, 6) is 1.60. The summed E-state index contributed by atoms with van der Waals surface area (Å²) in [5, 5.41) is 0. The van der Waals surface area contributed by atoms with Crippen molar-refractivity contribution in [2.45, 2.75) is 117 Å². The molecule has 0 N–H and O–H groups in total. The van der Waals surface area contributed by atoms with Crippen molar-refractivity contribution < 1.29 is 9.53 Å². The van der Waals surface area contributed by atoms with Gasteiger partial charge in [0.15, 0.2) is 0 Å². The van der Waals surface area contributed by atoms with Crippen molar-refractivity contribution in [3.05, 3.63) is 0 Å².